The molecule has 9 heteroatoms. The predicted octanol–water partition coefficient (Wildman–Crippen LogP) is 2.76. The van der Waals surface area contributed by atoms with Crippen molar-refractivity contribution in [3.8, 4) is 22.8 Å². The number of nitrogens with zero attached hydrogens (tertiary/aromatic N) is 3. The molecule has 2 amide bonds. The van der Waals surface area contributed by atoms with E-state index in [1.165, 1.54) is 20.3 Å². The normalized spacial score (nSPS) is 20.0. The molecule has 4 rings (SSSR count). The van der Waals surface area contributed by atoms with Gasteiger partial charge in [0, 0.05) is 34.9 Å². The molecule has 0 saturated carbocycles. The highest BCUT2D eigenvalue weighted by atomic mass is 16.5. The van der Waals surface area contributed by atoms with Crippen molar-refractivity contribution >= 4 is 17.6 Å². The number of ether oxygens (including phenoxy) is 2. The number of nitrogens with two attached hydrogens (primary N) is 1. The second-order valence-electron chi connectivity index (χ2n) is 8.29. The molecule has 176 valence electrons. The van der Waals surface area contributed by atoms with Crippen LogP contribution in [0.1, 0.15) is 45.3 Å². The molecule has 0 aliphatic carbocycles. The maximum atomic E-state index is 12.6. The van der Waals surface area contributed by atoms with Crippen molar-refractivity contribution in [2.45, 2.75) is 32.2 Å². The minimum absolute atomic E-state index is 0.0134. The third kappa shape index (κ3) is 4.03. The van der Waals surface area contributed by atoms with Crippen LogP contribution >= 0.6 is 0 Å². The molecule has 1 unspecified atom stereocenters. The van der Waals surface area contributed by atoms with E-state index in [1.54, 1.807) is 17.0 Å². The fourth-order valence-corrected chi connectivity index (χ4v) is 4.86. The lowest BCUT2D eigenvalue weighted by Crippen LogP contribution is -2.41. The Morgan fingerprint density at radius 3 is 2.45 bits per heavy atom. The number of piperidine rings is 1. The predicted molar refractivity (Wildman–Crippen MR) is 126 cm³/mol. The first-order chi connectivity index (χ1) is 17.1. The number of carbonyl (C=O) groups excluding carboxylic acids is 2. The zero-order valence-electron chi connectivity index (χ0n) is 21.9. The minimum Gasteiger partial charge on any atom is -0.496 e. The summed E-state index contributed by atoms with van der Waals surface area (Å²) in [4.78, 5) is 26.4. The summed E-state index contributed by atoms with van der Waals surface area (Å²) in [5, 5.41) is 8.09. The molecule has 0 radical (unpaired) electrons. The number of anilines is 1. The molecule has 2 aliphatic heterocycles. The maximum Gasteiger partial charge on any atom is 0.254 e. The first kappa shape index (κ1) is 19.0. The number of aromatic nitrogens is 2. The molecular weight excluding hydrogens is 422 g/mol. The fourth-order valence-electron chi connectivity index (χ4n) is 4.86. The Morgan fingerprint density at radius 2 is 1.91 bits per heavy atom. The number of methoxy groups -OCH3 is 2. The SMILES string of the molecule is [2H]C([2H])([2H])c1c(OC)cc(-c2nn3c(c2C(N)=O)NCCC3C2CCN(C(=O)C=C)CC2)cc1OC. The van der Waals surface area contributed by atoms with Crippen LogP contribution in [-0.4, -0.2) is 60.3 Å². The Bertz CT molecular complexity index is 1160. The molecular formula is C24H31N5O4. The van der Waals surface area contributed by atoms with E-state index in [0.29, 0.717) is 36.7 Å². The van der Waals surface area contributed by atoms with Gasteiger partial charge in [-0.15, -0.1) is 0 Å². The second kappa shape index (κ2) is 9.17. The zero-order chi connectivity index (χ0) is 26.2. The number of amides is 2. The van der Waals surface area contributed by atoms with E-state index in [1.807, 2.05) is 4.68 Å². The number of carbonyl (C=O) groups is 2. The van der Waals surface area contributed by atoms with Gasteiger partial charge in [-0.05, 0) is 50.2 Å². The Kier molecular flexibility index (Phi) is 5.29. The highest BCUT2D eigenvalue weighted by Gasteiger charge is 2.36. The molecule has 0 bridgehead atoms. The number of primary amides is 1. The Morgan fingerprint density at radius 1 is 1.24 bits per heavy atom. The summed E-state index contributed by atoms with van der Waals surface area (Å²) in [5.41, 5.74) is 6.76. The molecule has 3 heterocycles. The van der Waals surface area contributed by atoms with Gasteiger partial charge in [-0.3, -0.25) is 9.59 Å². The number of nitrogens with one attached hydrogen (secondary N) is 1. The molecule has 2 aromatic rings. The summed E-state index contributed by atoms with van der Waals surface area (Å²) >= 11 is 0. The summed E-state index contributed by atoms with van der Waals surface area (Å²) in [7, 11) is 2.75. The van der Waals surface area contributed by atoms with Gasteiger partial charge in [0.25, 0.3) is 5.91 Å². The molecule has 1 aromatic heterocycles. The minimum atomic E-state index is -2.47. The monoisotopic (exact) mass is 456 g/mol. The molecule has 1 aromatic carbocycles. The number of hydrogen-bond acceptors (Lipinski definition) is 6. The Labute approximate surface area is 197 Å². The van der Waals surface area contributed by atoms with Crippen molar-refractivity contribution in [2.75, 3.05) is 39.2 Å². The molecule has 1 fully saturated rings. The van der Waals surface area contributed by atoms with E-state index in [4.69, 9.17) is 24.4 Å². The topological polar surface area (TPSA) is 112 Å². The average Bonchev–Trinajstić information content (AvgIpc) is 3.27. The molecule has 9 nitrogen and oxygen atoms in total. The van der Waals surface area contributed by atoms with Crippen LogP contribution in [0.2, 0.25) is 0 Å². The standard InChI is InChI=1S/C24H31N5O4/c1-5-20(30)28-10-7-15(8-11-28)17-6-9-26-24-21(23(25)31)22(27-29(17)24)16-12-18(32-3)14(2)19(13-16)33-4/h5,12-13,15,17,26H,1,6-11H2,2-4H3,(H2,25,31)/i2D3. The first-order valence-electron chi connectivity index (χ1n) is 12.4. The van der Waals surface area contributed by atoms with Crippen LogP contribution in [0.3, 0.4) is 0 Å². The third-order valence-corrected chi connectivity index (χ3v) is 6.55. The van der Waals surface area contributed by atoms with Crippen molar-refractivity contribution in [3.63, 3.8) is 0 Å². The summed E-state index contributed by atoms with van der Waals surface area (Å²) in [5.74, 6) is 0.291. The summed E-state index contributed by atoms with van der Waals surface area (Å²) in [6.45, 7) is 3.02. The van der Waals surface area contributed by atoms with Crippen molar-refractivity contribution in [3.05, 3.63) is 35.9 Å². The zero-order valence-corrected chi connectivity index (χ0v) is 18.9. The van der Waals surface area contributed by atoms with Gasteiger partial charge in [-0.25, -0.2) is 4.68 Å². The molecule has 1 atom stereocenters. The van der Waals surface area contributed by atoms with Gasteiger partial charge in [0.1, 0.15) is 28.6 Å². The van der Waals surface area contributed by atoms with Crippen molar-refractivity contribution in [1.29, 1.82) is 0 Å². The summed E-state index contributed by atoms with van der Waals surface area (Å²) in [6.07, 6.45) is 3.75. The molecule has 2 aliphatic rings. The summed E-state index contributed by atoms with van der Waals surface area (Å²) in [6, 6.07) is 3.10. The van der Waals surface area contributed by atoms with Crippen LogP contribution in [0.25, 0.3) is 11.3 Å². The lowest BCUT2D eigenvalue weighted by atomic mass is 9.87. The highest BCUT2D eigenvalue weighted by molar-refractivity contribution is 6.04. The summed E-state index contributed by atoms with van der Waals surface area (Å²) < 4.78 is 36.3. The largest absolute Gasteiger partial charge is 0.496 e. The van der Waals surface area contributed by atoms with Gasteiger partial charge in [0.15, 0.2) is 0 Å². The third-order valence-electron chi connectivity index (χ3n) is 6.55. The smallest absolute Gasteiger partial charge is 0.254 e. The molecule has 0 spiro atoms. The van der Waals surface area contributed by atoms with Crippen molar-refractivity contribution < 1.29 is 23.2 Å². The highest BCUT2D eigenvalue weighted by Crippen LogP contribution is 2.42. The molecule has 1 saturated heterocycles. The van der Waals surface area contributed by atoms with E-state index in [-0.39, 0.29) is 40.5 Å². The number of fused-ring (bicyclic) bond motifs is 1. The lowest BCUT2D eigenvalue weighted by molar-refractivity contribution is -0.127. The van der Waals surface area contributed by atoms with E-state index in [0.717, 1.165) is 19.3 Å². The Balaban J connectivity index is 1.77. The quantitative estimate of drug-likeness (QED) is 0.647. The van der Waals surface area contributed by atoms with Gasteiger partial charge in [0.2, 0.25) is 5.91 Å². The number of rotatable bonds is 6. The van der Waals surface area contributed by atoms with Crippen LogP contribution < -0.4 is 20.5 Å². The fraction of sp³-hybridized carbons (Fsp3) is 0.458. The van der Waals surface area contributed by atoms with Crippen LogP contribution in [0.4, 0.5) is 5.82 Å². The van der Waals surface area contributed by atoms with Gasteiger partial charge in [0.05, 0.1) is 20.3 Å². The van der Waals surface area contributed by atoms with Crippen LogP contribution in [0.15, 0.2) is 24.8 Å². The second-order valence-corrected chi connectivity index (χ2v) is 8.29. The first-order valence-corrected chi connectivity index (χ1v) is 10.9. The number of hydrogen-bond donors (Lipinski definition) is 2. The van der Waals surface area contributed by atoms with Crippen LogP contribution in [-0.2, 0) is 4.79 Å². The van der Waals surface area contributed by atoms with Crippen molar-refractivity contribution in [1.82, 2.24) is 14.7 Å². The number of likely N-dealkylation sites (tertiary alicyclic amines) is 1. The van der Waals surface area contributed by atoms with E-state index < -0.39 is 12.8 Å². The van der Waals surface area contributed by atoms with Crippen molar-refractivity contribution in [2.24, 2.45) is 11.7 Å². The van der Waals surface area contributed by atoms with Gasteiger partial charge in [-0.2, -0.15) is 5.10 Å². The van der Waals surface area contributed by atoms with E-state index in [9.17, 15) is 9.59 Å². The Hall–Kier alpha value is -3.49. The maximum absolute atomic E-state index is 12.6. The average molecular weight is 457 g/mol. The van der Waals surface area contributed by atoms with Gasteiger partial charge < -0.3 is 25.4 Å². The van der Waals surface area contributed by atoms with E-state index >= 15 is 0 Å². The molecule has 33 heavy (non-hydrogen) atoms. The molecule has 3 N–H and O–H groups in total. The van der Waals surface area contributed by atoms with Crippen LogP contribution in [0.5, 0.6) is 11.5 Å². The lowest BCUT2D eigenvalue weighted by Gasteiger charge is -2.38. The van der Waals surface area contributed by atoms with Gasteiger partial charge in [-0.1, -0.05) is 6.58 Å². The van der Waals surface area contributed by atoms with Gasteiger partial charge >= 0.3 is 0 Å². The van der Waals surface area contributed by atoms with Crippen LogP contribution in [0, 0.1) is 12.8 Å². The number of benzene rings is 1. The van der Waals surface area contributed by atoms with E-state index in [2.05, 4.69) is 11.9 Å².